The normalized spacial score (nSPS) is 10.3. The first kappa shape index (κ1) is 17.1. The van der Waals surface area contributed by atoms with Crippen LogP contribution < -0.4 is 0 Å². The van der Waals surface area contributed by atoms with Gasteiger partial charge in [0.1, 0.15) is 5.82 Å². The lowest BCUT2D eigenvalue weighted by molar-refractivity contribution is -0.151. The van der Waals surface area contributed by atoms with Gasteiger partial charge >= 0.3 is 5.97 Å². The number of likely N-dealkylation sites (N-methyl/N-ethyl adjacent to an activating group) is 1. The van der Waals surface area contributed by atoms with E-state index in [4.69, 9.17) is 4.74 Å². The summed E-state index contributed by atoms with van der Waals surface area (Å²) in [4.78, 5) is 24.9. The van der Waals surface area contributed by atoms with E-state index in [1.165, 1.54) is 11.0 Å². The number of halogens is 1. The Morgan fingerprint density at radius 1 is 1.26 bits per heavy atom. The first-order valence-electron chi connectivity index (χ1n) is 7.20. The molecule has 122 valence electrons. The Kier molecular flexibility index (Phi) is 6.29. The summed E-state index contributed by atoms with van der Waals surface area (Å²) in [5.41, 5.74) is 1.50. The molecule has 1 aromatic heterocycles. The largest absolute Gasteiger partial charge is 0.456 e. The van der Waals surface area contributed by atoms with Crippen LogP contribution >= 0.6 is 11.3 Å². The molecule has 1 heterocycles. The lowest BCUT2D eigenvalue weighted by Crippen LogP contribution is -2.31. The lowest BCUT2D eigenvalue weighted by atomic mass is 10.2. The van der Waals surface area contributed by atoms with Crippen molar-refractivity contribution in [1.29, 1.82) is 0 Å². The van der Waals surface area contributed by atoms with Crippen LogP contribution in [0, 0.1) is 5.82 Å². The fourth-order valence-electron chi connectivity index (χ4n) is 1.98. The summed E-state index contributed by atoms with van der Waals surface area (Å²) in [6.07, 6.45) is 0.836. The number of amides is 1. The summed E-state index contributed by atoms with van der Waals surface area (Å²) < 4.78 is 18.5. The van der Waals surface area contributed by atoms with Gasteiger partial charge in [-0.25, -0.2) is 4.39 Å². The van der Waals surface area contributed by atoms with Crippen LogP contribution in [0.5, 0.6) is 0 Å². The second-order valence-corrected chi connectivity index (χ2v) is 5.91. The number of thiophene rings is 1. The van der Waals surface area contributed by atoms with Gasteiger partial charge in [0.25, 0.3) is 5.91 Å². The van der Waals surface area contributed by atoms with Crippen molar-refractivity contribution in [2.45, 2.75) is 19.4 Å². The van der Waals surface area contributed by atoms with Gasteiger partial charge in [-0.05, 0) is 34.9 Å². The standard InChI is InChI=1S/C17H18FNO3S/c1-19(10-14-4-2-3-5-15(14)18)16(20)11-22-17(21)7-6-13-8-9-23-12-13/h2-5,8-9,12H,6-7,10-11H2,1H3. The average molecular weight is 335 g/mol. The molecule has 0 N–H and O–H groups in total. The maximum atomic E-state index is 13.5. The summed E-state index contributed by atoms with van der Waals surface area (Å²) in [5, 5.41) is 3.92. The summed E-state index contributed by atoms with van der Waals surface area (Å²) in [5.74, 6) is -1.14. The number of hydrogen-bond donors (Lipinski definition) is 0. The number of benzene rings is 1. The highest BCUT2D eigenvalue weighted by Gasteiger charge is 2.14. The van der Waals surface area contributed by atoms with Gasteiger partial charge in [0.2, 0.25) is 0 Å². The van der Waals surface area contributed by atoms with Gasteiger partial charge in [-0.3, -0.25) is 9.59 Å². The molecule has 6 heteroatoms. The van der Waals surface area contributed by atoms with Crippen LogP contribution in [0.15, 0.2) is 41.1 Å². The van der Waals surface area contributed by atoms with E-state index in [0.29, 0.717) is 12.0 Å². The zero-order chi connectivity index (χ0) is 16.7. The maximum Gasteiger partial charge on any atom is 0.306 e. The fraction of sp³-hybridized carbons (Fsp3) is 0.294. The molecule has 0 saturated heterocycles. The molecule has 0 saturated carbocycles. The Balaban J connectivity index is 1.73. The van der Waals surface area contributed by atoms with Crippen molar-refractivity contribution in [3.05, 3.63) is 58.0 Å². The van der Waals surface area contributed by atoms with Gasteiger partial charge in [0, 0.05) is 25.6 Å². The molecular weight excluding hydrogens is 317 g/mol. The molecule has 0 fully saturated rings. The van der Waals surface area contributed by atoms with Crippen molar-refractivity contribution in [3.8, 4) is 0 Å². The summed E-state index contributed by atoms with van der Waals surface area (Å²) in [7, 11) is 1.55. The Morgan fingerprint density at radius 2 is 2.04 bits per heavy atom. The van der Waals surface area contributed by atoms with E-state index in [1.807, 2.05) is 16.8 Å². The van der Waals surface area contributed by atoms with Crippen LogP contribution in [0.1, 0.15) is 17.5 Å². The molecule has 0 aliphatic carbocycles. The highest BCUT2D eigenvalue weighted by atomic mass is 32.1. The van der Waals surface area contributed by atoms with E-state index in [1.54, 1.807) is 36.6 Å². The number of hydrogen-bond acceptors (Lipinski definition) is 4. The van der Waals surface area contributed by atoms with Gasteiger partial charge in [0.15, 0.2) is 6.61 Å². The van der Waals surface area contributed by atoms with Crippen molar-refractivity contribution >= 4 is 23.2 Å². The third-order valence-corrected chi connectivity index (χ3v) is 4.08. The van der Waals surface area contributed by atoms with Crippen LogP contribution in [-0.2, 0) is 27.3 Å². The van der Waals surface area contributed by atoms with Crippen LogP contribution in [0.25, 0.3) is 0 Å². The zero-order valence-corrected chi connectivity index (χ0v) is 13.6. The van der Waals surface area contributed by atoms with E-state index in [0.717, 1.165) is 5.56 Å². The van der Waals surface area contributed by atoms with Crippen molar-refractivity contribution in [2.24, 2.45) is 0 Å². The Hall–Kier alpha value is -2.21. The second kappa shape index (κ2) is 8.43. The Morgan fingerprint density at radius 3 is 2.74 bits per heavy atom. The van der Waals surface area contributed by atoms with E-state index in [2.05, 4.69) is 0 Å². The molecule has 23 heavy (non-hydrogen) atoms. The van der Waals surface area contributed by atoms with Crippen LogP contribution in [0.4, 0.5) is 4.39 Å². The molecule has 4 nitrogen and oxygen atoms in total. The highest BCUT2D eigenvalue weighted by Crippen LogP contribution is 2.10. The van der Waals surface area contributed by atoms with Gasteiger partial charge in [-0.2, -0.15) is 11.3 Å². The highest BCUT2D eigenvalue weighted by molar-refractivity contribution is 7.07. The molecule has 2 aromatic rings. The van der Waals surface area contributed by atoms with Gasteiger partial charge in [-0.1, -0.05) is 18.2 Å². The number of aryl methyl sites for hydroxylation is 1. The van der Waals surface area contributed by atoms with Crippen molar-refractivity contribution in [3.63, 3.8) is 0 Å². The minimum Gasteiger partial charge on any atom is -0.456 e. The monoisotopic (exact) mass is 335 g/mol. The van der Waals surface area contributed by atoms with Crippen LogP contribution in [0.2, 0.25) is 0 Å². The topological polar surface area (TPSA) is 46.6 Å². The fourth-order valence-corrected chi connectivity index (χ4v) is 2.68. The SMILES string of the molecule is CN(Cc1ccccc1F)C(=O)COC(=O)CCc1ccsc1. The molecule has 2 rings (SSSR count). The summed E-state index contributed by atoms with van der Waals surface area (Å²) in [6.45, 7) is -0.189. The molecule has 0 spiro atoms. The number of carbonyl (C=O) groups excluding carboxylic acids is 2. The Bertz CT molecular complexity index is 658. The van der Waals surface area contributed by atoms with Crippen molar-refractivity contribution in [1.82, 2.24) is 4.90 Å². The molecule has 1 aromatic carbocycles. The van der Waals surface area contributed by atoms with E-state index >= 15 is 0 Å². The molecule has 0 bridgehead atoms. The smallest absolute Gasteiger partial charge is 0.306 e. The third-order valence-electron chi connectivity index (χ3n) is 3.35. The number of ether oxygens (including phenoxy) is 1. The number of esters is 1. The van der Waals surface area contributed by atoms with Gasteiger partial charge in [0.05, 0.1) is 0 Å². The minimum absolute atomic E-state index is 0.137. The second-order valence-electron chi connectivity index (χ2n) is 5.13. The molecule has 1 amide bonds. The zero-order valence-electron chi connectivity index (χ0n) is 12.8. The van der Waals surface area contributed by atoms with Crippen molar-refractivity contribution in [2.75, 3.05) is 13.7 Å². The first-order chi connectivity index (χ1) is 11.1. The minimum atomic E-state index is -0.413. The maximum absolute atomic E-state index is 13.5. The summed E-state index contributed by atoms with van der Waals surface area (Å²) >= 11 is 1.57. The summed E-state index contributed by atoms with van der Waals surface area (Å²) in [6, 6.07) is 8.21. The van der Waals surface area contributed by atoms with Crippen LogP contribution in [0.3, 0.4) is 0 Å². The third kappa shape index (κ3) is 5.49. The van der Waals surface area contributed by atoms with Crippen molar-refractivity contribution < 1.29 is 18.7 Å². The van der Waals surface area contributed by atoms with Gasteiger partial charge < -0.3 is 9.64 Å². The van der Waals surface area contributed by atoms with E-state index in [-0.39, 0.29) is 31.3 Å². The molecule has 0 aliphatic heterocycles. The number of carbonyl (C=O) groups is 2. The first-order valence-corrected chi connectivity index (χ1v) is 8.14. The quantitative estimate of drug-likeness (QED) is 0.731. The molecular formula is C17H18FNO3S. The van der Waals surface area contributed by atoms with Crippen LogP contribution in [-0.4, -0.2) is 30.4 Å². The molecule has 0 atom stereocenters. The average Bonchev–Trinajstić information content (AvgIpc) is 3.06. The van der Waals surface area contributed by atoms with E-state index in [9.17, 15) is 14.0 Å². The Labute approximate surface area is 138 Å². The number of nitrogens with zero attached hydrogens (tertiary/aromatic N) is 1. The van der Waals surface area contributed by atoms with Gasteiger partial charge in [-0.15, -0.1) is 0 Å². The molecule has 0 aliphatic rings. The molecule has 0 unspecified atom stereocenters. The number of rotatable bonds is 7. The molecule has 0 radical (unpaired) electrons. The predicted molar refractivity (Wildman–Crippen MR) is 86.5 cm³/mol. The lowest BCUT2D eigenvalue weighted by Gasteiger charge is -2.17. The predicted octanol–water partition coefficient (Wildman–Crippen LogP) is 3.02. The van der Waals surface area contributed by atoms with E-state index < -0.39 is 5.97 Å².